The van der Waals surface area contributed by atoms with Crippen molar-refractivity contribution in [2.75, 3.05) is 25.1 Å². The second-order valence-electron chi connectivity index (χ2n) is 5.23. The molecule has 1 saturated carbocycles. The van der Waals surface area contributed by atoms with E-state index in [-0.39, 0.29) is 0 Å². The summed E-state index contributed by atoms with van der Waals surface area (Å²) >= 11 is 0. The maximum Gasteiger partial charge on any atom is 0.152 e. The number of ether oxygens (including phenoxy) is 1. The Bertz CT molecular complexity index is 425. The Balaban J connectivity index is 2.18. The Labute approximate surface area is 115 Å². The highest BCUT2D eigenvalue weighted by molar-refractivity contribution is 5.85. The fourth-order valence-corrected chi connectivity index (χ4v) is 2.94. The molecule has 1 aromatic rings. The summed E-state index contributed by atoms with van der Waals surface area (Å²) in [5.41, 5.74) is 1.75. The number of carbonyl (C=O) groups excluding carboxylic acids is 1. The second-order valence-corrected chi connectivity index (χ2v) is 5.23. The Morgan fingerprint density at radius 2 is 2.11 bits per heavy atom. The van der Waals surface area contributed by atoms with E-state index in [0.29, 0.717) is 0 Å². The molecule has 0 amide bonds. The van der Waals surface area contributed by atoms with Gasteiger partial charge in [0.1, 0.15) is 5.75 Å². The van der Waals surface area contributed by atoms with E-state index in [9.17, 15) is 4.79 Å². The van der Waals surface area contributed by atoms with Gasteiger partial charge in [-0.05, 0) is 43.9 Å². The largest absolute Gasteiger partial charge is 0.497 e. The van der Waals surface area contributed by atoms with Gasteiger partial charge < -0.3 is 9.64 Å². The van der Waals surface area contributed by atoms with Gasteiger partial charge >= 0.3 is 0 Å². The molecule has 0 bridgehead atoms. The molecule has 0 aliphatic heterocycles. The van der Waals surface area contributed by atoms with Gasteiger partial charge in [0.2, 0.25) is 0 Å². The van der Waals surface area contributed by atoms with Crippen LogP contribution in [0, 0.1) is 5.92 Å². The van der Waals surface area contributed by atoms with Crippen molar-refractivity contribution in [2.45, 2.75) is 32.6 Å². The minimum absolute atomic E-state index is 0.721. The third-order valence-corrected chi connectivity index (χ3v) is 4.04. The van der Waals surface area contributed by atoms with Crippen LogP contribution in [0.1, 0.15) is 43.0 Å². The molecule has 1 fully saturated rings. The maximum absolute atomic E-state index is 11.3. The SMILES string of the molecule is CCN(CC1CCCC1)c1ccc(OC)cc1C=O. The average molecular weight is 261 g/mol. The molecule has 2 rings (SSSR count). The highest BCUT2D eigenvalue weighted by Gasteiger charge is 2.19. The zero-order valence-corrected chi connectivity index (χ0v) is 11.9. The summed E-state index contributed by atoms with van der Waals surface area (Å²) in [6.45, 7) is 4.14. The molecule has 3 nitrogen and oxygen atoms in total. The number of hydrogen-bond acceptors (Lipinski definition) is 3. The fraction of sp³-hybridized carbons (Fsp3) is 0.562. The van der Waals surface area contributed by atoms with Gasteiger partial charge in [-0.25, -0.2) is 0 Å². The molecule has 0 spiro atoms. The molecule has 0 unspecified atom stereocenters. The van der Waals surface area contributed by atoms with Crippen molar-refractivity contribution in [1.82, 2.24) is 0 Å². The van der Waals surface area contributed by atoms with Crippen molar-refractivity contribution >= 4 is 12.0 Å². The summed E-state index contributed by atoms with van der Waals surface area (Å²) in [6, 6.07) is 5.75. The lowest BCUT2D eigenvalue weighted by Crippen LogP contribution is -2.29. The summed E-state index contributed by atoms with van der Waals surface area (Å²) < 4.78 is 5.18. The van der Waals surface area contributed by atoms with Crippen LogP contribution in [0.3, 0.4) is 0 Å². The average Bonchev–Trinajstić information content (AvgIpc) is 2.97. The van der Waals surface area contributed by atoms with Crippen LogP contribution in [0.2, 0.25) is 0 Å². The van der Waals surface area contributed by atoms with Crippen LogP contribution in [-0.2, 0) is 0 Å². The molecular weight excluding hydrogens is 238 g/mol. The number of aldehydes is 1. The number of rotatable bonds is 6. The van der Waals surface area contributed by atoms with Gasteiger partial charge in [0.05, 0.1) is 7.11 Å². The third kappa shape index (κ3) is 3.28. The molecule has 0 aromatic heterocycles. The smallest absolute Gasteiger partial charge is 0.152 e. The van der Waals surface area contributed by atoms with Crippen LogP contribution in [0.15, 0.2) is 18.2 Å². The number of benzene rings is 1. The summed E-state index contributed by atoms with van der Waals surface area (Å²) in [5.74, 6) is 1.52. The lowest BCUT2D eigenvalue weighted by atomic mass is 10.1. The molecular formula is C16H23NO2. The topological polar surface area (TPSA) is 29.5 Å². The predicted molar refractivity (Wildman–Crippen MR) is 78.2 cm³/mol. The van der Waals surface area contributed by atoms with Crippen LogP contribution in [0.25, 0.3) is 0 Å². The minimum Gasteiger partial charge on any atom is -0.497 e. The normalized spacial score (nSPS) is 15.5. The number of methoxy groups -OCH3 is 1. The summed E-state index contributed by atoms with van der Waals surface area (Å²) in [6.07, 6.45) is 6.28. The standard InChI is InChI=1S/C16H23NO2/c1-3-17(11-13-6-4-5-7-13)16-9-8-15(19-2)10-14(16)12-18/h8-10,12-13H,3-7,11H2,1-2H3. The van der Waals surface area contributed by atoms with Crippen molar-refractivity contribution < 1.29 is 9.53 Å². The molecule has 1 aliphatic carbocycles. The first-order valence-electron chi connectivity index (χ1n) is 7.16. The Morgan fingerprint density at radius 3 is 2.68 bits per heavy atom. The van der Waals surface area contributed by atoms with Crippen molar-refractivity contribution in [3.63, 3.8) is 0 Å². The van der Waals surface area contributed by atoms with Gasteiger partial charge in [0.15, 0.2) is 6.29 Å². The molecule has 104 valence electrons. The van der Waals surface area contributed by atoms with Crippen LogP contribution >= 0.6 is 0 Å². The molecule has 19 heavy (non-hydrogen) atoms. The molecule has 1 aromatic carbocycles. The van der Waals surface area contributed by atoms with Gasteiger partial charge in [0, 0.05) is 24.3 Å². The van der Waals surface area contributed by atoms with Crippen molar-refractivity contribution in [2.24, 2.45) is 5.92 Å². The molecule has 0 heterocycles. The summed E-state index contributed by atoms with van der Waals surface area (Å²) in [4.78, 5) is 13.6. The summed E-state index contributed by atoms with van der Waals surface area (Å²) in [7, 11) is 1.62. The van der Waals surface area contributed by atoms with Crippen molar-refractivity contribution in [3.8, 4) is 5.75 Å². The molecule has 0 N–H and O–H groups in total. The molecule has 0 radical (unpaired) electrons. The van der Waals surface area contributed by atoms with E-state index in [1.807, 2.05) is 18.2 Å². The zero-order valence-electron chi connectivity index (χ0n) is 11.9. The first-order chi connectivity index (χ1) is 9.28. The maximum atomic E-state index is 11.3. The van der Waals surface area contributed by atoms with Gasteiger partial charge in [0.25, 0.3) is 0 Å². The van der Waals surface area contributed by atoms with Crippen LogP contribution in [0.4, 0.5) is 5.69 Å². The number of anilines is 1. The summed E-state index contributed by atoms with van der Waals surface area (Å²) in [5, 5.41) is 0. The highest BCUT2D eigenvalue weighted by atomic mass is 16.5. The monoisotopic (exact) mass is 261 g/mol. The van der Waals surface area contributed by atoms with Crippen LogP contribution in [-0.4, -0.2) is 26.5 Å². The van der Waals surface area contributed by atoms with E-state index in [2.05, 4.69) is 11.8 Å². The predicted octanol–water partition coefficient (Wildman–Crippen LogP) is 3.52. The van der Waals surface area contributed by atoms with E-state index in [1.165, 1.54) is 25.7 Å². The lowest BCUT2D eigenvalue weighted by Gasteiger charge is -2.27. The van der Waals surface area contributed by atoms with E-state index in [1.54, 1.807) is 7.11 Å². The number of hydrogen-bond donors (Lipinski definition) is 0. The van der Waals surface area contributed by atoms with Crippen molar-refractivity contribution in [3.05, 3.63) is 23.8 Å². The van der Waals surface area contributed by atoms with Crippen molar-refractivity contribution in [1.29, 1.82) is 0 Å². The zero-order chi connectivity index (χ0) is 13.7. The Morgan fingerprint density at radius 1 is 1.37 bits per heavy atom. The quantitative estimate of drug-likeness (QED) is 0.734. The molecule has 0 saturated heterocycles. The van der Waals surface area contributed by atoms with E-state index >= 15 is 0 Å². The van der Waals surface area contributed by atoms with Crippen LogP contribution in [0.5, 0.6) is 5.75 Å². The van der Waals surface area contributed by atoms with Crippen LogP contribution < -0.4 is 9.64 Å². The van der Waals surface area contributed by atoms with Gasteiger partial charge in [-0.2, -0.15) is 0 Å². The van der Waals surface area contributed by atoms with Gasteiger partial charge in [-0.15, -0.1) is 0 Å². The number of nitrogens with zero attached hydrogens (tertiary/aromatic N) is 1. The first kappa shape index (κ1) is 13.9. The van der Waals surface area contributed by atoms with E-state index in [0.717, 1.165) is 42.3 Å². The van der Waals surface area contributed by atoms with E-state index < -0.39 is 0 Å². The number of carbonyl (C=O) groups is 1. The molecule has 0 atom stereocenters. The Hall–Kier alpha value is -1.51. The highest BCUT2D eigenvalue weighted by Crippen LogP contribution is 2.29. The fourth-order valence-electron chi connectivity index (χ4n) is 2.94. The first-order valence-corrected chi connectivity index (χ1v) is 7.16. The van der Waals surface area contributed by atoms with Gasteiger partial charge in [-0.1, -0.05) is 12.8 Å². The van der Waals surface area contributed by atoms with E-state index in [4.69, 9.17) is 4.74 Å². The minimum atomic E-state index is 0.721. The van der Waals surface area contributed by atoms with Gasteiger partial charge in [-0.3, -0.25) is 4.79 Å². The molecule has 3 heteroatoms. The Kier molecular flexibility index (Phi) is 4.83. The third-order valence-electron chi connectivity index (χ3n) is 4.04. The lowest BCUT2D eigenvalue weighted by molar-refractivity contribution is 0.112. The molecule has 1 aliphatic rings. The second kappa shape index (κ2) is 6.60.